The van der Waals surface area contributed by atoms with E-state index in [9.17, 15) is 0 Å². The van der Waals surface area contributed by atoms with Crippen LogP contribution in [-0.2, 0) is 10.3 Å². The summed E-state index contributed by atoms with van der Waals surface area (Å²) in [5, 5.41) is 4.69. The standard InChI is InChI=1S/C13H24N2OS/c1-8(2)15-13(6,11(5)16-7)12-14-9(3)10(4)17-12/h8,11,15H,1-7H3. The highest BCUT2D eigenvalue weighted by molar-refractivity contribution is 7.11. The number of aromatic nitrogens is 1. The van der Waals surface area contributed by atoms with Crippen LogP contribution in [0.1, 0.15) is 43.3 Å². The second-order valence-corrected chi connectivity index (χ2v) is 6.24. The van der Waals surface area contributed by atoms with E-state index in [0.717, 1.165) is 10.7 Å². The topological polar surface area (TPSA) is 34.1 Å². The molecule has 17 heavy (non-hydrogen) atoms. The minimum absolute atomic E-state index is 0.0786. The van der Waals surface area contributed by atoms with Gasteiger partial charge in [0.1, 0.15) is 5.01 Å². The first kappa shape index (κ1) is 14.6. The van der Waals surface area contributed by atoms with Gasteiger partial charge in [0.05, 0.1) is 17.3 Å². The van der Waals surface area contributed by atoms with Gasteiger partial charge in [-0.05, 0) is 41.5 Å². The fourth-order valence-electron chi connectivity index (χ4n) is 1.88. The molecule has 0 saturated carbocycles. The quantitative estimate of drug-likeness (QED) is 0.879. The largest absolute Gasteiger partial charge is 0.379 e. The third-order valence-electron chi connectivity index (χ3n) is 3.23. The summed E-state index contributed by atoms with van der Waals surface area (Å²) in [5.74, 6) is 0. The Balaban J connectivity index is 3.13. The average molecular weight is 256 g/mol. The van der Waals surface area contributed by atoms with Gasteiger partial charge in [0.2, 0.25) is 0 Å². The van der Waals surface area contributed by atoms with Gasteiger partial charge in [-0.2, -0.15) is 0 Å². The van der Waals surface area contributed by atoms with Crippen LogP contribution in [0.5, 0.6) is 0 Å². The van der Waals surface area contributed by atoms with Crippen LogP contribution in [0.2, 0.25) is 0 Å². The molecule has 1 rings (SSSR count). The highest BCUT2D eigenvalue weighted by Gasteiger charge is 2.37. The molecule has 0 aliphatic rings. The third-order valence-corrected chi connectivity index (χ3v) is 4.54. The molecule has 0 amide bonds. The Morgan fingerprint density at radius 2 is 1.88 bits per heavy atom. The van der Waals surface area contributed by atoms with Crippen LogP contribution in [0.15, 0.2) is 0 Å². The maximum absolute atomic E-state index is 5.52. The molecule has 0 aliphatic heterocycles. The summed E-state index contributed by atoms with van der Waals surface area (Å²) in [4.78, 5) is 5.96. The fraction of sp³-hybridized carbons (Fsp3) is 0.769. The zero-order chi connectivity index (χ0) is 13.2. The molecule has 0 saturated heterocycles. The SMILES string of the molecule is COC(C)C(C)(NC(C)C)c1nc(C)c(C)s1. The van der Waals surface area contributed by atoms with Crippen molar-refractivity contribution in [3.05, 3.63) is 15.6 Å². The summed E-state index contributed by atoms with van der Waals surface area (Å²) in [7, 11) is 1.75. The molecule has 1 heterocycles. The van der Waals surface area contributed by atoms with Gasteiger partial charge in [0.25, 0.3) is 0 Å². The van der Waals surface area contributed by atoms with Crippen LogP contribution in [0.25, 0.3) is 0 Å². The van der Waals surface area contributed by atoms with E-state index in [0.29, 0.717) is 6.04 Å². The number of aryl methyl sites for hydroxylation is 2. The van der Waals surface area contributed by atoms with Gasteiger partial charge in [-0.3, -0.25) is 0 Å². The Hall–Kier alpha value is -0.450. The molecule has 0 bridgehead atoms. The zero-order valence-corrected chi connectivity index (χ0v) is 12.7. The second-order valence-electron chi connectivity index (χ2n) is 5.04. The van der Waals surface area contributed by atoms with Gasteiger partial charge in [0.15, 0.2) is 0 Å². The molecule has 0 spiro atoms. The molecule has 2 unspecified atom stereocenters. The summed E-state index contributed by atoms with van der Waals surface area (Å²) < 4.78 is 5.52. The van der Waals surface area contributed by atoms with E-state index in [1.165, 1.54) is 4.88 Å². The van der Waals surface area contributed by atoms with E-state index in [1.54, 1.807) is 18.4 Å². The van der Waals surface area contributed by atoms with Gasteiger partial charge in [-0.25, -0.2) is 4.98 Å². The Morgan fingerprint density at radius 3 is 2.24 bits per heavy atom. The van der Waals surface area contributed by atoms with Crippen LogP contribution in [-0.4, -0.2) is 24.2 Å². The van der Waals surface area contributed by atoms with Crippen molar-refractivity contribution in [2.75, 3.05) is 7.11 Å². The van der Waals surface area contributed by atoms with E-state index in [4.69, 9.17) is 4.74 Å². The lowest BCUT2D eigenvalue weighted by molar-refractivity contribution is 0.0319. The zero-order valence-electron chi connectivity index (χ0n) is 11.9. The summed E-state index contributed by atoms with van der Waals surface area (Å²) >= 11 is 1.75. The highest BCUT2D eigenvalue weighted by atomic mass is 32.1. The number of nitrogens with zero attached hydrogens (tertiary/aromatic N) is 1. The predicted octanol–water partition coefficient (Wildman–Crippen LogP) is 3.01. The summed E-state index contributed by atoms with van der Waals surface area (Å²) in [6.45, 7) is 12.7. The van der Waals surface area contributed by atoms with E-state index in [1.807, 2.05) is 0 Å². The lowest BCUT2D eigenvalue weighted by Gasteiger charge is -2.35. The minimum atomic E-state index is -0.230. The van der Waals surface area contributed by atoms with Gasteiger partial charge in [0, 0.05) is 18.0 Å². The van der Waals surface area contributed by atoms with E-state index >= 15 is 0 Å². The molecule has 1 aromatic heterocycles. The normalized spacial score (nSPS) is 17.2. The van der Waals surface area contributed by atoms with E-state index in [2.05, 4.69) is 51.8 Å². The van der Waals surface area contributed by atoms with Crippen molar-refractivity contribution in [2.45, 2.75) is 59.2 Å². The molecule has 2 atom stereocenters. The number of ether oxygens (including phenoxy) is 1. The van der Waals surface area contributed by atoms with Gasteiger partial charge < -0.3 is 10.1 Å². The number of hydrogen-bond acceptors (Lipinski definition) is 4. The monoisotopic (exact) mass is 256 g/mol. The molecule has 0 aromatic carbocycles. The van der Waals surface area contributed by atoms with Crippen molar-refractivity contribution in [2.24, 2.45) is 0 Å². The lowest BCUT2D eigenvalue weighted by Crippen LogP contribution is -2.51. The van der Waals surface area contributed by atoms with Crippen molar-refractivity contribution in [1.29, 1.82) is 0 Å². The Bertz CT molecular complexity index is 356. The van der Waals surface area contributed by atoms with Gasteiger partial charge in [-0.15, -0.1) is 11.3 Å². The van der Waals surface area contributed by atoms with Crippen LogP contribution in [0.4, 0.5) is 0 Å². The summed E-state index contributed by atoms with van der Waals surface area (Å²) in [5.41, 5.74) is 0.886. The molecule has 0 fully saturated rings. The Kier molecular flexibility index (Phi) is 4.69. The van der Waals surface area contributed by atoms with E-state index in [-0.39, 0.29) is 11.6 Å². The number of hydrogen-bond donors (Lipinski definition) is 1. The average Bonchev–Trinajstić information content (AvgIpc) is 2.57. The molecular formula is C13H24N2OS. The van der Waals surface area contributed by atoms with Crippen LogP contribution in [0.3, 0.4) is 0 Å². The lowest BCUT2D eigenvalue weighted by atomic mass is 9.95. The second kappa shape index (κ2) is 5.46. The number of methoxy groups -OCH3 is 1. The highest BCUT2D eigenvalue weighted by Crippen LogP contribution is 2.32. The smallest absolute Gasteiger partial charge is 0.116 e. The molecule has 4 heteroatoms. The van der Waals surface area contributed by atoms with Crippen molar-refractivity contribution >= 4 is 11.3 Å². The Labute approximate surface area is 109 Å². The first-order valence-corrected chi connectivity index (χ1v) is 6.88. The van der Waals surface area contributed by atoms with Crippen LogP contribution < -0.4 is 5.32 Å². The summed E-state index contributed by atoms with van der Waals surface area (Å²) in [6.07, 6.45) is 0.0786. The predicted molar refractivity (Wildman–Crippen MR) is 73.7 cm³/mol. The molecule has 1 aromatic rings. The van der Waals surface area contributed by atoms with Crippen LogP contribution in [0, 0.1) is 13.8 Å². The first-order valence-electron chi connectivity index (χ1n) is 6.06. The molecule has 3 nitrogen and oxygen atoms in total. The third kappa shape index (κ3) is 3.06. The van der Waals surface area contributed by atoms with E-state index < -0.39 is 0 Å². The van der Waals surface area contributed by atoms with Gasteiger partial charge >= 0.3 is 0 Å². The number of nitrogens with one attached hydrogen (secondary N) is 1. The molecule has 1 N–H and O–H groups in total. The fourth-order valence-corrected chi connectivity index (χ4v) is 2.99. The minimum Gasteiger partial charge on any atom is -0.379 e. The number of thiazole rings is 1. The molecular weight excluding hydrogens is 232 g/mol. The number of rotatable bonds is 5. The van der Waals surface area contributed by atoms with Crippen molar-refractivity contribution in [3.8, 4) is 0 Å². The Morgan fingerprint density at radius 1 is 1.29 bits per heavy atom. The first-order chi connectivity index (χ1) is 7.81. The maximum Gasteiger partial charge on any atom is 0.116 e. The van der Waals surface area contributed by atoms with Crippen molar-refractivity contribution in [1.82, 2.24) is 10.3 Å². The van der Waals surface area contributed by atoms with Crippen LogP contribution >= 0.6 is 11.3 Å². The molecule has 0 aliphatic carbocycles. The molecule has 98 valence electrons. The van der Waals surface area contributed by atoms with Crippen molar-refractivity contribution < 1.29 is 4.74 Å². The van der Waals surface area contributed by atoms with Crippen molar-refractivity contribution in [3.63, 3.8) is 0 Å². The summed E-state index contributed by atoms with van der Waals surface area (Å²) in [6, 6.07) is 0.391. The molecule has 0 radical (unpaired) electrons. The maximum atomic E-state index is 5.52. The van der Waals surface area contributed by atoms with Gasteiger partial charge in [-0.1, -0.05) is 0 Å².